The lowest BCUT2D eigenvalue weighted by molar-refractivity contribution is 0.137. The van der Waals surface area contributed by atoms with Crippen LogP contribution >= 0.6 is 0 Å². The molecule has 1 nitrogen and oxygen atoms in total. The first kappa shape index (κ1) is 13.2. The highest BCUT2D eigenvalue weighted by atomic mass is 16.3. The standard InChI is InChI=1S/C18H26O/c1-2-13-3-5-14(6-4-13)9-17-10-15-7-8-16(17)12-18(19)11-15/h3-6,15-19H,2,7-12H2,1H3. The monoisotopic (exact) mass is 258 g/mol. The first-order chi connectivity index (χ1) is 9.24. The van der Waals surface area contributed by atoms with E-state index in [9.17, 15) is 5.11 Å². The van der Waals surface area contributed by atoms with Crippen LogP contribution in [-0.2, 0) is 12.8 Å². The summed E-state index contributed by atoms with van der Waals surface area (Å²) in [7, 11) is 0. The zero-order chi connectivity index (χ0) is 13.2. The SMILES string of the molecule is CCc1ccc(CC2CC3CCC2CC(O)C3)cc1. The smallest absolute Gasteiger partial charge is 0.0545 e. The van der Waals surface area contributed by atoms with Crippen LogP contribution in [0.4, 0.5) is 0 Å². The molecule has 0 saturated heterocycles. The van der Waals surface area contributed by atoms with E-state index < -0.39 is 0 Å². The average Bonchev–Trinajstić information content (AvgIpc) is 2.68. The Morgan fingerprint density at radius 1 is 1.00 bits per heavy atom. The minimum atomic E-state index is -0.0232. The number of aliphatic hydroxyl groups is 1. The van der Waals surface area contributed by atoms with Gasteiger partial charge in [0.2, 0.25) is 0 Å². The van der Waals surface area contributed by atoms with Gasteiger partial charge in [0.1, 0.15) is 0 Å². The number of hydrogen-bond acceptors (Lipinski definition) is 1. The van der Waals surface area contributed by atoms with E-state index in [1.165, 1.54) is 36.8 Å². The quantitative estimate of drug-likeness (QED) is 0.869. The van der Waals surface area contributed by atoms with Gasteiger partial charge in [-0.3, -0.25) is 0 Å². The van der Waals surface area contributed by atoms with Gasteiger partial charge in [0.25, 0.3) is 0 Å². The zero-order valence-electron chi connectivity index (χ0n) is 12.0. The third-order valence-corrected chi connectivity index (χ3v) is 5.36. The van der Waals surface area contributed by atoms with E-state index in [0.29, 0.717) is 0 Å². The summed E-state index contributed by atoms with van der Waals surface area (Å²) < 4.78 is 0. The predicted octanol–water partition coefficient (Wildman–Crippen LogP) is 3.98. The van der Waals surface area contributed by atoms with Gasteiger partial charge in [-0.2, -0.15) is 0 Å². The first-order valence-corrected chi connectivity index (χ1v) is 8.00. The second kappa shape index (κ2) is 5.66. The molecule has 0 heterocycles. The topological polar surface area (TPSA) is 20.2 Å². The van der Waals surface area contributed by atoms with Crippen molar-refractivity contribution in [2.75, 3.05) is 0 Å². The van der Waals surface area contributed by atoms with Crippen molar-refractivity contribution >= 4 is 0 Å². The van der Waals surface area contributed by atoms with Crippen LogP contribution in [0.1, 0.15) is 50.2 Å². The lowest BCUT2D eigenvalue weighted by Gasteiger charge is -2.32. The molecular formula is C18H26O. The van der Waals surface area contributed by atoms with Crippen LogP contribution < -0.4 is 0 Å². The van der Waals surface area contributed by atoms with Crippen molar-refractivity contribution in [1.29, 1.82) is 0 Å². The molecule has 4 rings (SSSR count). The highest BCUT2D eigenvalue weighted by molar-refractivity contribution is 5.23. The average molecular weight is 258 g/mol. The van der Waals surface area contributed by atoms with Gasteiger partial charge in [-0.05, 0) is 67.4 Å². The Bertz CT molecular complexity index is 408. The minimum Gasteiger partial charge on any atom is -0.393 e. The van der Waals surface area contributed by atoms with E-state index in [2.05, 4.69) is 31.2 Å². The predicted molar refractivity (Wildman–Crippen MR) is 79.1 cm³/mol. The van der Waals surface area contributed by atoms with Crippen molar-refractivity contribution < 1.29 is 5.11 Å². The van der Waals surface area contributed by atoms with Crippen molar-refractivity contribution in [2.24, 2.45) is 17.8 Å². The van der Waals surface area contributed by atoms with E-state index >= 15 is 0 Å². The number of hydrogen-bond donors (Lipinski definition) is 1. The molecule has 1 aromatic carbocycles. The molecule has 3 aliphatic carbocycles. The number of aliphatic hydroxyl groups excluding tert-OH is 1. The molecule has 104 valence electrons. The molecule has 0 aromatic heterocycles. The van der Waals surface area contributed by atoms with Crippen molar-refractivity contribution in [3.05, 3.63) is 35.4 Å². The highest BCUT2D eigenvalue weighted by Crippen LogP contribution is 2.44. The van der Waals surface area contributed by atoms with E-state index in [1.807, 2.05) is 0 Å². The molecule has 1 heteroatoms. The van der Waals surface area contributed by atoms with Crippen molar-refractivity contribution in [3.8, 4) is 0 Å². The molecule has 19 heavy (non-hydrogen) atoms. The van der Waals surface area contributed by atoms with E-state index in [1.54, 1.807) is 0 Å². The minimum absolute atomic E-state index is 0.0232. The number of rotatable bonds is 3. The van der Waals surface area contributed by atoms with Crippen LogP contribution in [0, 0.1) is 17.8 Å². The number of fused-ring (bicyclic) bond motifs is 4. The Morgan fingerprint density at radius 2 is 1.74 bits per heavy atom. The maximum atomic E-state index is 10.0. The molecule has 0 radical (unpaired) electrons. The Balaban J connectivity index is 1.68. The molecule has 2 bridgehead atoms. The third-order valence-electron chi connectivity index (χ3n) is 5.36. The Labute approximate surface area is 117 Å². The molecule has 0 amide bonds. The first-order valence-electron chi connectivity index (χ1n) is 8.00. The van der Waals surface area contributed by atoms with Gasteiger partial charge in [-0.15, -0.1) is 0 Å². The summed E-state index contributed by atoms with van der Waals surface area (Å²) in [5.74, 6) is 2.36. The molecule has 0 spiro atoms. The van der Waals surface area contributed by atoms with E-state index in [4.69, 9.17) is 0 Å². The van der Waals surface area contributed by atoms with Crippen molar-refractivity contribution in [3.63, 3.8) is 0 Å². The fourth-order valence-electron chi connectivity index (χ4n) is 4.24. The van der Waals surface area contributed by atoms with Crippen LogP contribution in [0.5, 0.6) is 0 Å². The molecule has 1 aromatic rings. The molecule has 4 atom stereocenters. The summed E-state index contributed by atoms with van der Waals surface area (Å²) in [6.45, 7) is 2.21. The van der Waals surface area contributed by atoms with Gasteiger partial charge in [-0.1, -0.05) is 37.6 Å². The Kier molecular flexibility index (Phi) is 3.93. The van der Waals surface area contributed by atoms with Crippen molar-refractivity contribution in [2.45, 2.75) is 58.0 Å². The van der Waals surface area contributed by atoms with Crippen molar-refractivity contribution in [1.82, 2.24) is 0 Å². The molecule has 3 aliphatic rings. The lowest BCUT2D eigenvalue weighted by atomic mass is 9.73. The molecular weight excluding hydrogens is 232 g/mol. The summed E-state index contributed by atoms with van der Waals surface area (Å²) in [5, 5.41) is 10.0. The summed E-state index contributed by atoms with van der Waals surface area (Å²) in [4.78, 5) is 0. The third kappa shape index (κ3) is 3.02. The van der Waals surface area contributed by atoms with Gasteiger partial charge in [0, 0.05) is 0 Å². The van der Waals surface area contributed by atoms with Gasteiger partial charge >= 0.3 is 0 Å². The zero-order valence-corrected chi connectivity index (χ0v) is 12.0. The van der Waals surface area contributed by atoms with Gasteiger partial charge in [0.05, 0.1) is 6.10 Å². The van der Waals surface area contributed by atoms with Gasteiger partial charge in [0.15, 0.2) is 0 Å². The largest absolute Gasteiger partial charge is 0.393 e. The highest BCUT2D eigenvalue weighted by Gasteiger charge is 2.36. The summed E-state index contributed by atoms with van der Waals surface area (Å²) in [6.07, 6.45) is 8.47. The van der Waals surface area contributed by atoms with Crippen LogP contribution in [-0.4, -0.2) is 11.2 Å². The molecule has 1 N–H and O–H groups in total. The Morgan fingerprint density at radius 3 is 2.47 bits per heavy atom. The molecule has 3 saturated carbocycles. The molecule has 0 aliphatic heterocycles. The van der Waals surface area contributed by atoms with Crippen LogP contribution in [0.2, 0.25) is 0 Å². The van der Waals surface area contributed by atoms with Gasteiger partial charge in [-0.25, -0.2) is 0 Å². The second-order valence-electron chi connectivity index (χ2n) is 6.70. The number of aryl methyl sites for hydroxylation is 1. The fourth-order valence-corrected chi connectivity index (χ4v) is 4.24. The van der Waals surface area contributed by atoms with E-state index in [0.717, 1.165) is 37.0 Å². The van der Waals surface area contributed by atoms with Crippen LogP contribution in [0.15, 0.2) is 24.3 Å². The summed E-state index contributed by atoms with van der Waals surface area (Å²) in [6, 6.07) is 9.18. The van der Waals surface area contributed by atoms with Crippen LogP contribution in [0.3, 0.4) is 0 Å². The summed E-state index contributed by atoms with van der Waals surface area (Å²) in [5.41, 5.74) is 2.92. The van der Waals surface area contributed by atoms with E-state index in [-0.39, 0.29) is 6.10 Å². The lowest BCUT2D eigenvalue weighted by Crippen LogP contribution is -2.23. The van der Waals surface area contributed by atoms with Crippen LogP contribution in [0.25, 0.3) is 0 Å². The Hall–Kier alpha value is -0.820. The fraction of sp³-hybridized carbons (Fsp3) is 0.667. The van der Waals surface area contributed by atoms with Gasteiger partial charge < -0.3 is 5.11 Å². The maximum Gasteiger partial charge on any atom is 0.0545 e. The number of benzene rings is 1. The molecule has 3 fully saturated rings. The molecule has 4 unspecified atom stereocenters. The summed E-state index contributed by atoms with van der Waals surface area (Å²) >= 11 is 0. The second-order valence-corrected chi connectivity index (χ2v) is 6.70. The maximum absolute atomic E-state index is 10.0. The normalized spacial score (nSPS) is 34.2.